The Bertz CT molecular complexity index is 1190. The highest BCUT2D eigenvalue weighted by Crippen LogP contribution is 2.40. The minimum absolute atomic E-state index is 0.0509. The number of hydrogen-bond acceptors (Lipinski definition) is 8. The summed E-state index contributed by atoms with van der Waals surface area (Å²) in [6.07, 6.45) is 2.23. The van der Waals surface area contributed by atoms with Gasteiger partial charge >= 0.3 is 0 Å². The molecule has 1 amide bonds. The van der Waals surface area contributed by atoms with E-state index in [0.717, 1.165) is 19.6 Å². The van der Waals surface area contributed by atoms with Gasteiger partial charge in [-0.15, -0.1) is 0 Å². The number of aliphatic hydroxyl groups excluding tert-OH is 1. The first-order valence-corrected chi connectivity index (χ1v) is 12.1. The van der Waals surface area contributed by atoms with Gasteiger partial charge in [0.2, 0.25) is 0 Å². The molecule has 2 aliphatic heterocycles. The molecule has 0 unspecified atom stereocenters. The summed E-state index contributed by atoms with van der Waals surface area (Å²) in [7, 11) is 0. The molecule has 10 heteroatoms. The van der Waals surface area contributed by atoms with E-state index in [9.17, 15) is 24.8 Å². The minimum atomic E-state index is -0.873. The Kier molecular flexibility index (Phi) is 8.32. The molecule has 0 radical (unpaired) electrons. The summed E-state index contributed by atoms with van der Waals surface area (Å²) >= 11 is 0. The van der Waals surface area contributed by atoms with Gasteiger partial charge in [0.25, 0.3) is 17.4 Å². The van der Waals surface area contributed by atoms with Crippen LogP contribution in [0.3, 0.4) is 0 Å². The Labute approximate surface area is 214 Å². The van der Waals surface area contributed by atoms with Crippen molar-refractivity contribution in [2.75, 3.05) is 46.0 Å². The van der Waals surface area contributed by atoms with Crippen molar-refractivity contribution >= 4 is 23.1 Å². The van der Waals surface area contributed by atoms with Crippen LogP contribution in [0.5, 0.6) is 5.75 Å². The van der Waals surface area contributed by atoms with E-state index in [2.05, 4.69) is 11.5 Å². The second-order valence-electron chi connectivity index (χ2n) is 8.77. The lowest BCUT2D eigenvalue weighted by Gasteiger charge is -2.29. The number of carbonyl (C=O) groups excluding carboxylic acids is 2. The maximum absolute atomic E-state index is 13.2. The Hall–Kier alpha value is -4.02. The Morgan fingerprint density at radius 1 is 1.11 bits per heavy atom. The molecule has 2 aliphatic rings. The highest BCUT2D eigenvalue weighted by molar-refractivity contribution is 6.46. The number of carbonyl (C=O) groups is 2. The highest BCUT2D eigenvalue weighted by Gasteiger charge is 2.45. The summed E-state index contributed by atoms with van der Waals surface area (Å²) in [5, 5.41) is 22.3. The van der Waals surface area contributed by atoms with Gasteiger partial charge in [-0.3, -0.25) is 24.6 Å². The van der Waals surface area contributed by atoms with Crippen LogP contribution in [0.1, 0.15) is 23.6 Å². The molecule has 4 rings (SSSR count). The number of nitro groups is 1. The topological polar surface area (TPSA) is 122 Å². The summed E-state index contributed by atoms with van der Waals surface area (Å²) in [6, 6.07) is 11.3. The van der Waals surface area contributed by atoms with Crippen LogP contribution in [0.15, 0.2) is 66.8 Å². The average molecular weight is 508 g/mol. The van der Waals surface area contributed by atoms with Crippen molar-refractivity contribution in [3.63, 3.8) is 0 Å². The number of hydrogen-bond donors (Lipinski definition) is 1. The van der Waals surface area contributed by atoms with Crippen LogP contribution in [-0.2, 0) is 14.3 Å². The van der Waals surface area contributed by atoms with E-state index in [1.165, 1.54) is 29.2 Å². The molecular weight excluding hydrogens is 478 g/mol. The summed E-state index contributed by atoms with van der Waals surface area (Å²) in [4.78, 5) is 40.6. The van der Waals surface area contributed by atoms with Gasteiger partial charge in [-0.25, -0.2) is 0 Å². The molecule has 0 aromatic heterocycles. The molecule has 0 aliphatic carbocycles. The van der Waals surface area contributed by atoms with Crippen molar-refractivity contribution in [2.24, 2.45) is 0 Å². The fraction of sp³-hybridized carbons (Fsp3) is 0.333. The number of ether oxygens (including phenoxy) is 2. The lowest BCUT2D eigenvalue weighted by atomic mass is 9.95. The third-order valence-electron chi connectivity index (χ3n) is 6.43. The van der Waals surface area contributed by atoms with E-state index in [4.69, 9.17) is 9.47 Å². The normalized spacial score (nSPS) is 19.7. The zero-order chi connectivity index (χ0) is 26.4. The summed E-state index contributed by atoms with van der Waals surface area (Å²) in [6.45, 7) is 7.86. The molecule has 2 fully saturated rings. The lowest BCUT2D eigenvalue weighted by molar-refractivity contribution is -0.384. The number of rotatable bonds is 10. The van der Waals surface area contributed by atoms with Crippen LogP contribution in [-0.4, -0.2) is 77.5 Å². The van der Waals surface area contributed by atoms with Crippen molar-refractivity contribution in [2.45, 2.75) is 12.5 Å². The largest absolute Gasteiger partial charge is 0.507 e. The van der Waals surface area contributed by atoms with Crippen LogP contribution in [0.25, 0.3) is 5.76 Å². The van der Waals surface area contributed by atoms with Crippen molar-refractivity contribution in [1.82, 2.24) is 9.80 Å². The van der Waals surface area contributed by atoms with Crippen LogP contribution >= 0.6 is 0 Å². The Morgan fingerprint density at radius 2 is 1.78 bits per heavy atom. The zero-order valence-electron chi connectivity index (χ0n) is 20.4. The second kappa shape index (κ2) is 11.8. The molecule has 0 spiro atoms. The number of nitrogens with zero attached hydrogens (tertiary/aromatic N) is 3. The van der Waals surface area contributed by atoms with Gasteiger partial charge < -0.3 is 19.5 Å². The maximum atomic E-state index is 13.2. The van der Waals surface area contributed by atoms with Crippen molar-refractivity contribution in [3.05, 3.63) is 88.0 Å². The molecule has 0 bridgehead atoms. The third-order valence-corrected chi connectivity index (χ3v) is 6.43. The standard InChI is InChI=1S/C27H29N3O7/c1-2-16-37-22-10-6-20(7-11-22)25(31)23-24(19-4-8-21(9-5-19)30(34)35)29(27(33)26(23)32)13-3-12-28-14-17-36-18-15-28/h2,4-11,24,31H,1,3,12-18H2/b25-23+/t24-/m1/s1. The van der Waals surface area contributed by atoms with Gasteiger partial charge in [0.05, 0.1) is 29.8 Å². The van der Waals surface area contributed by atoms with E-state index >= 15 is 0 Å². The molecule has 1 atom stereocenters. The number of amides is 1. The monoisotopic (exact) mass is 507 g/mol. The summed E-state index contributed by atoms with van der Waals surface area (Å²) in [5.41, 5.74) is 0.695. The van der Waals surface area contributed by atoms with Crippen LogP contribution in [0.2, 0.25) is 0 Å². The molecule has 37 heavy (non-hydrogen) atoms. The number of morpholine rings is 1. The molecule has 2 aromatic carbocycles. The zero-order valence-corrected chi connectivity index (χ0v) is 20.4. The van der Waals surface area contributed by atoms with Crippen molar-refractivity contribution in [3.8, 4) is 5.75 Å². The van der Waals surface area contributed by atoms with Crippen LogP contribution in [0.4, 0.5) is 5.69 Å². The third kappa shape index (κ3) is 5.87. The first kappa shape index (κ1) is 26.1. The number of benzene rings is 2. The van der Waals surface area contributed by atoms with Gasteiger partial charge in [0, 0.05) is 43.9 Å². The molecule has 2 aromatic rings. The van der Waals surface area contributed by atoms with Gasteiger partial charge in [-0.2, -0.15) is 0 Å². The first-order valence-electron chi connectivity index (χ1n) is 12.1. The quantitative estimate of drug-likeness (QED) is 0.130. The predicted octanol–water partition coefficient (Wildman–Crippen LogP) is 3.30. The van der Waals surface area contributed by atoms with E-state index < -0.39 is 22.7 Å². The Balaban J connectivity index is 1.66. The molecule has 2 saturated heterocycles. The first-order chi connectivity index (χ1) is 17.9. The van der Waals surface area contributed by atoms with Crippen molar-refractivity contribution in [1.29, 1.82) is 0 Å². The maximum Gasteiger partial charge on any atom is 0.295 e. The van der Waals surface area contributed by atoms with E-state index in [1.807, 2.05) is 0 Å². The fourth-order valence-electron chi connectivity index (χ4n) is 4.54. The predicted molar refractivity (Wildman–Crippen MR) is 136 cm³/mol. The van der Waals surface area contributed by atoms with Gasteiger partial charge in [-0.05, 0) is 48.4 Å². The molecule has 0 saturated carbocycles. The van der Waals surface area contributed by atoms with E-state index in [0.29, 0.717) is 43.1 Å². The number of aliphatic hydroxyl groups is 1. The van der Waals surface area contributed by atoms with Crippen LogP contribution < -0.4 is 4.74 Å². The number of ketones is 1. The van der Waals surface area contributed by atoms with E-state index in [1.54, 1.807) is 30.3 Å². The van der Waals surface area contributed by atoms with Gasteiger partial charge in [-0.1, -0.05) is 12.7 Å². The smallest absolute Gasteiger partial charge is 0.295 e. The molecule has 1 N–H and O–H groups in total. The average Bonchev–Trinajstić information content (AvgIpc) is 3.17. The Morgan fingerprint density at radius 3 is 2.41 bits per heavy atom. The van der Waals surface area contributed by atoms with Crippen LogP contribution in [0, 0.1) is 10.1 Å². The molecule has 194 valence electrons. The lowest BCUT2D eigenvalue weighted by Crippen LogP contribution is -2.38. The summed E-state index contributed by atoms with van der Waals surface area (Å²) in [5.74, 6) is -1.25. The molecule has 2 heterocycles. The number of nitro benzene ring substituents is 1. The number of Topliss-reactive ketones (excluding diaryl/α,β-unsaturated/α-hetero) is 1. The number of non-ortho nitro benzene ring substituents is 1. The van der Waals surface area contributed by atoms with E-state index in [-0.39, 0.29) is 23.6 Å². The second-order valence-corrected chi connectivity index (χ2v) is 8.77. The SMILES string of the molecule is C=CCOc1ccc(/C(O)=C2\C(=O)C(=O)N(CCCN3CCOCC3)[C@@H]2c2ccc([N+](=O)[O-])cc2)cc1. The fourth-order valence-corrected chi connectivity index (χ4v) is 4.54. The highest BCUT2D eigenvalue weighted by atomic mass is 16.6. The molecular formula is C27H29N3O7. The number of likely N-dealkylation sites (tertiary alicyclic amines) is 1. The van der Waals surface area contributed by atoms with Gasteiger partial charge in [0.1, 0.15) is 18.1 Å². The minimum Gasteiger partial charge on any atom is -0.507 e. The summed E-state index contributed by atoms with van der Waals surface area (Å²) < 4.78 is 10.9. The van der Waals surface area contributed by atoms with Gasteiger partial charge in [0.15, 0.2) is 0 Å². The van der Waals surface area contributed by atoms with Crippen molar-refractivity contribution < 1.29 is 29.1 Å². The molecule has 10 nitrogen and oxygen atoms in total.